The van der Waals surface area contributed by atoms with Crippen LogP contribution in [0.3, 0.4) is 0 Å². The van der Waals surface area contributed by atoms with Gasteiger partial charge in [0.25, 0.3) is 0 Å². The summed E-state index contributed by atoms with van der Waals surface area (Å²) in [5.41, 5.74) is 0.515. The van der Waals surface area contributed by atoms with Gasteiger partial charge in [0.2, 0.25) is 12.2 Å². The van der Waals surface area contributed by atoms with E-state index in [4.69, 9.17) is 18.9 Å². The van der Waals surface area contributed by atoms with Gasteiger partial charge in [-0.2, -0.15) is 0 Å². The maximum absolute atomic E-state index is 11.1. The Hall–Kier alpha value is -1.91. The Morgan fingerprint density at radius 2 is 1.42 bits per heavy atom. The van der Waals surface area contributed by atoms with Gasteiger partial charge in [-0.3, -0.25) is 4.79 Å². The van der Waals surface area contributed by atoms with Crippen LogP contribution in [0, 0.1) is 0 Å². The largest absolute Gasteiger partial charge is 0.462 e. The van der Waals surface area contributed by atoms with Gasteiger partial charge in [-0.15, -0.1) is 0 Å². The van der Waals surface area contributed by atoms with Crippen molar-refractivity contribution in [3.63, 3.8) is 0 Å². The van der Waals surface area contributed by atoms with Gasteiger partial charge in [-0.05, 0) is 24.3 Å². The van der Waals surface area contributed by atoms with E-state index in [9.17, 15) is 40.5 Å². The summed E-state index contributed by atoms with van der Waals surface area (Å²) in [7, 11) is 0. The molecule has 1 amide bonds. The van der Waals surface area contributed by atoms with Gasteiger partial charge in [0.15, 0.2) is 6.29 Å². The average Bonchev–Trinajstić information content (AvgIpc) is 2.79. The van der Waals surface area contributed by atoms with Crippen LogP contribution in [0.1, 0.15) is 6.92 Å². The number of hydrogen-bond donors (Lipinski definition) is 8. The molecule has 0 saturated carbocycles. The molecule has 8 N–H and O–H groups in total. The molecule has 3 rings (SSSR count). The van der Waals surface area contributed by atoms with Crippen LogP contribution in [0.15, 0.2) is 24.3 Å². The number of hydrogen-bond acceptors (Lipinski definition) is 12. The molecule has 1 aromatic carbocycles. The van der Waals surface area contributed by atoms with Crippen molar-refractivity contribution >= 4 is 11.6 Å². The van der Waals surface area contributed by atoms with Crippen LogP contribution in [-0.4, -0.2) is 116 Å². The van der Waals surface area contributed by atoms with Gasteiger partial charge in [0.05, 0.1) is 13.2 Å². The minimum absolute atomic E-state index is 0.241. The molecule has 0 aliphatic carbocycles. The molecule has 0 aromatic heterocycles. The van der Waals surface area contributed by atoms with Gasteiger partial charge < -0.3 is 60.0 Å². The molecule has 0 radical (unpaired) electrons. The highest BCUT2D eigenvalue weighted by Gasteiger charge is 2.51. The van der Waals surface area contributed by atoms with Gasteiger partial charge in [-0.25, -0.2) is 0 Å². The van der Waals surface area contributed by atoms with Crippen LogP contribution in [0.2, 0.25) is 0 Å². The Balaban J connectivity index is 1.68. The Bertz CT molecular complexity index is 775. The molecule has 1 unspecified atom stereocenters. The van der Waals surface area contributed by atoms with E-state index in [1.807, 2.05) is 0 Å². The quantitative estimate of drug-likeness (QED) is 0.195. The molecule has 0 spiro atoms. The van der Waals surface area contributed by atoms with Crippen molar-refractivity contribution in [3.05, 3.63) is 24.3 Å². The van der Waals surface area contributed by atoms with Crippen LogP contribution in [0.5, 0.6) is 5.75 Å². The predicted molar refractivity (Wildman–Crippen MR) is 108 cm³/mol. The third kappa shape index (κ3) is 5.78. The van der Waals surface area contributed by atoms with Crippen LogP contribution in [0.25, 0.3) is 0 Å². The summed E-state index contributed by atoms with van der Waals surface area (Å²) in [6, 6.07) is 6.10. The normalized spacial score (nSPS) is 39.2. The maximum atomic E-state index is 11.1. The number of carbonyl (C=O) groups is 1. The average molecular weight is 475 g/mol. The maximum Gasteiger partial charge on any atom is 0.229 e. The molecule has 2 saturated heterocycles. The minimum atomic E-state index is -1.75. The fourth-order valence-electron chi connectivity index (χ4n) is 3.61. The molecule has 13 nitrogen and oxygen atoms in total. The summed E-state index contributed by atoms with van der Waals surface area (Å²) in [5.74, 6) is -0.0144. The second-order valence-electron chi connectivity index (χ2n) is 7.83. The van der Waals surface area contributed by atoms with E-state index < -0.39 is 74.6 Å². The number of amides is 1. The zero-order chi connectivity index (χ0) is 24.3. The highest BCUT2D eigenvalue weighted by atomic mass is 16.7. The molecule has 1 aromatic rings. The number of anilines is 1. The van der Waals surface area contributed by atoms with Crippen LogP contribution >= 0.6 is 0 Å². The summed E-state index contributed by atoms with van der Waals surface area (Å²) in [6.07, 6.45) is -15.3. The lowest BCUT2D eigenvalue weighted by Gasteiger charge is -2.45. The molecular weight excluding hydrogens is 446 g/mol. The molecule has 2 heterocycles. The summed E-state index contributed by atoms with van der Waals surface area (Å²) in [6.45, 7) is 0.000118. The van der Waals surface area contributed by atoms with E-state index in [-0.39, 0.29) is 11.7 Å². The lowest BCUT2D eigenvalue weighted by atomic mass is 9.97. The first-order valence-corrected chi connectivity index (χ1v) is 10.3. The third-order valence-corrected chi connectivity index (χ3v) is 5.39. The van der Waals surface area contributed by atoms with Gasteiger partial charge in [-0.1, -0.05) is 0 Å². The molecule has 0 bridgehead atoms. The van der Waals surface area contributed by atoms with Crippen molar-refractivity contribution in [2.75, 3.05) is 18.5 Å². The standard InChI is InChI=1S/C20H29NO12/c1-8(24)21-9-2-4-10(5-3-9)30-19-17(29)15(27)18(12(7-23)32-19)33-20-16(28)14(26)13(25)11(6-22)31-20/h2-5,11-20,22-23,25-29H,6-7H2,1H3,(H,21,24)/t11-,12-,13-,14+,15-,16-,17+,18?,19+,20-/m1/s1. The lowest BCUT2D eigenvalue weighted by molar-refractivity contribution is -0.352. The summed E-state index contributed by atoms with van der Waals surface area (Å²) >= 11 is 0. The number of benzene rings is 1. The minimum Gasteiger partial charge on any atom is -0.462 e. The zero-order valence-corrected chi connectivity index (χ0v) is 17.7. The van der Waals surface area contributed by atoms with Crippen molar-refractivity contribution < 1.29 is 59.5 Å². The number of rotatable bonds is 7. The van der Waals surface area contributed by atoms with Crippen LogP contribution in [0.4, 0.5) is 5.69 Å². The van der Waals surface area contributed by atoms with Crippen LogP contribution in [-0.2, 0) is 19.0 Å². The van der Waals surface area contributed by atoms with E-state index in [0.29, 0.717) is 5.69 Å². The van der Waals surface area contributed by atoms with Gasteiger partial charge in [0, 0.05) is 12.6 Å². The number of aliphatic hydroxyl groups is 7. The van der Waals surface area contributed by atoms with E-state index in [1.54, 1.807) is 12.1 Å². The lowest BCUT2D eigenvalue weighted by Crippen LogP contribution is -2.65. The predicted octanol–water partition coefficient (Wildman–Crippen LogP) is -3.35. The molecule has 2 fully saturated rings. The van der Waals surface area contributed by atoms with E-state index in [1.165, 1.54) is 19.1 Å². The zero-order valence-electron chi connectivity index (χ0n) is 17.7. The third-order valence-electron chi connectivity index (χ3n) is 5.39. The first-order valence-electron chi connectivity index (χ1n) is 10.3. The number of carbonyl (C=O) groups excluding carboxylic acids is 1. The summed E-state index contributed by atoms with van der Waals surface area (Å²) in [5, 5.41) is 72.6. The van der Waals surface area contributed by atoms with E-state index in [2.05, 4.69) is 5.32 Å². The fraction of sp³-hybridized carbons (Fsp3) is 0.650. The Kier molecular flexibility index (Phi) is 8.58. The highest BCUT2D eigenvalue weighted by molar-refractivity contribution is 5.88. The molecule has 186 valence electrons. The Morgan fingerprint density at radius 1 is 0.848 bits per heavy atom. The van der Waals surface area contributed by atoms with E-state index in [0.717, 1.165) is 0 Å². The van der Waals surface area contributed by atoms with Crippen molar-refractivity contribution in [2.45, 2.75) is 68.3 Å². The van der Waals surface area contributed by atoms with Gasteiger partial charge in [0.1, 0.15) is 54.6 Å². The SMILES string of the molecule is CC(=O)Nc1ccc(O[C@H]2O[C@H](CO)C(O[C@H]3O[C@H](CO)[C@@H](O)[C@H](O)[C@H]3O)[C@H](O)[C@@H]2O)cc1. The topological polar surface area (TPSA) is 208 Å². The Labute approximate surface area is 188 Å². The number of aliphatic hydroxyl groups excluding tert-OH is 7. The molecule has 33 heavy (non-hydrogen) atoms. The second kappa shape index (κ2) is 11.0. The molecular formula is C20H29NO12. The van der Waals surface area contributed by atoms with Crippen molar-refractivity contribution in [1.29, 1.82) is 0 Å². The van der Waals surface area contributed by atoms with Crippen molar-refractivity contribution in [2.24, 2.45) is 0 Å². The van der Waals surface area contributed by atoms with Crippen molar-refractivity contribution in [3.8, 4) is 5.75 Å². The summed E-state index contributed by atoms with van der Waals surface area (Å²) < 4.78 is 21.8. The van der Waals surface area contributed by atoms with E-state index >= 15 is 0 Å². The Morgan fingerprint density at radius 3 is 2.00 bits per heavy atom. The van der Waals surface area contributed by atoms with Crippen LogP contribution < -0.4 is 10.1 Å². The number of ether oxygens (including phenoxy) is 4. The smallest absolute Gasteiger partial charge is 0.229 e. The van der Waals surface area contributed by atoms with Gasteiger partial charge >= 0.3 is 0 Å². The number of nitrogens with one attached hydrogen (secondary N) is 1. The summed E-state index contributed by atoms with van der Waals surface area (Å²) in [4.78, 5) is 11.1. The highest BCUT2D eigenvalue weighted by Crippen LogP contribution is 2.30. The second-order valence-corrected chi connectivity index (χ2v) is 7.83. The molecule has 2 aliphatic heterocycles. The molecule has 10 atom stereocenters. The van der Waals surface area contributed by atoms with Crippen molar-refractivity contribution in [1.82, 2.24) is 0 Å². The monoisotopic (exact) mass is 475 g/mol. The first-order chi connectivity index (χ1) is 15.7. The molecule has 13 heteroatoms. The molecule has 2 aliphatic rings. The first kappa shape index (κ1) is 25.7. The fourth-order valence-corrected chi connectivity index (χ4v) is 3.61.